The zero-order valence-electron chi connectivity index (χ0n) is 17.8. The molecule has 0 N–H and O–H groups in total. The van der Waals surface area contributed by atoms with Crippen molar-refractivity contribution in [2.24, 2.45) is 5.92 Å². The summed E-state index contributed by atoms with van der Waals surface area (Å²) in [6, 6.07) is 0. The van der Waals surface area contributed by atoms with Gasteiger partial charge in [-0.3, -0.25) is 19.2 Å². The maximum Gasteiger partial charge on any atom is 0.303 e. The Morgan fingerprint density at radius 3 is 1.70 bits per heavy atom. The molecular formula is C18H28O11S. The maximum absolute atomic E-state index is 13.0. The molecule has 0 aromatic heterocycles. The van der Waals surface area contributed by atoms with Crippen LogP contribution in [0.3, 0.4) is 0 Å². The van der Waals surface area contributed by atoms with Crippen molar-refractivity contribution in [3.05, 3.63) is 0 Å². The second-order valence-corrected chi connectivity index (χ2v) is 9.41. The van der Waals surface area contributed by atoms with Crippen LogP contribution in [-0.4, -0.2) is 74.5 Å². The molecule has 0 unspecified atom stereocenters. The Bertz CT molecular complexity index is 758. The minimum absolute atomic E-state index is 0.290. The van der Waals surface area contributed by atoms with Gasteiger partial charge in [0.05, 0.1) is 5.75 Å². The quantitative estimate of drug-likeness (QED) is 0.365. The van der Waals surface area contributed by atoms with Crippen LogP contribution in [0.4, 0.5) is 0 Å². The Kier molecular flexibility index (Phi) is 9.22. The molecule has 0 aliphatic carbocycles. The Morgan fingerprint density at radius 1 is 0.800 bits per heavy atom. The van der Waals surface area contributed by atoms with Crippen LogP contribution in [0.5, 0.6) is 0 Å². The molecule has 12 heteroatoms. The van der Waals surface area contributed by atoms with Crippen molar-refractivity contribution in [1.82, 2.24) is 0 Å². The smallest absolute Gasteiger partial charge is 0.303 e. The zero-order chi connectivity index (χ0) is 23.2. The van der Waals surface area contributed by atoms with Crippen molar-refractivity contribution < 1.29 is 51.3 Å². The van der Waals surface area contributed by atoms with E-state index in [4.69, 9.17) is 23.7 Å². The van der Waals surface area contributed by atoms with Gasteiger partial charge in [-0.15, -0.1) is 0 Å². The fourth-order valence-corrected chi connectivity index (χ4v) is 5.09. The van der Waals surface area contributed by atoms with Gasteiger partial charge in [0.2, 0.25) is 0 Å². The SMILES string of the molecule is CC(=O)OC[C@H]1O[C@@H](S(=O)(=O)CC(C)C)[C@H](OC(C)=O)[C@@H](OC(C)=O)[C@@H]1OC(C)=O. The summed E-state index contributed by atoms with van der Waals surface area (Å²) in [6.07, 6.45) is -5.79. The molecular weight excluding hydrogens is 424 g/mol. The van der Waals surface area contributed by atoms with Crippen LogP contribution in [0.15, 0.2) is 0 Å². The Labute approximate surface area is 175 Å². The number of ether oxygens (including phenoxy) is 5. The standard InChI is InChI=1S/C18H28O11S/c1-9(2)8-30(23,24)18-17(28-13(6)22)16(27-12(5)21)15(26-11(4)20)14(29-18)7-25-10(3)19/h9,14-18H,7-8H2,1-6H3/t14-,15-,16+,17-,18+/m1/s1. The van der Waals surface area contributed by atoms with E-state index in [1.165, 1.54) is 0 Å². The topological polar surface area (TPSA) is 149 Å². The second kappa shape index (κ2) is 10.7. The molecule has 172 valence electrons. The van der Waals surface area contributed by atoms with E-state index in [9.17, 15) is 27.6 Å². The van der Waals surface area contributed by atoms with Crippen LogP contribution in [0.25, 0.3) is 0 Å². The molecule has 1 fully saturated rings. The van der Waals surface area contributed by atoms with Crippen LogP contribution in [0.1, 0.15) is 41.5 Å². The maximum atomic E-state index is 13.0. The molecule has 0 saturated carbocycles. The number of rotatable bonds is 8. The highest BCUT2D eigenvalue weighted by Crippen LogP contribution is 2.32. The molecule has 1 heterocycles. The molecule has 1 aliphatic rings. The van der Waals surface area contributed by atoms with E-state index in [0.29, 0.717) is 0 Å². The third-order valence-corrected chi connectivity index (χ3v) is 6.09. The first-order valence-electron chi connectivity index (χ1n) is 9.26. The van der Waals surface area contributed by atoms with Gasteiger partial charge in [0.25, 0.3) is 0 Å². The van der Waals surface area contributed by atoms with Crippen LogP contribution < -0.4 is 0 Å². The van der Waals surface area contributed by atoms with Gasteiger partial charge in [0, 0.05) is 27.7 Å². The summed E-state index contributed by atoms with van der Waals surface area (Å²) >= 11 is 0. The summed E-state index contributed by atoms with van der Waals surface area (Å²) < 4.78 is 52.0. The molecule has 0 amide bonds. The lowest BCUT2D eigenvalue weighted by Crippen LogP contribution is -2.64. The lowest BCUT2D eigenvalue weighted by molar-refractivity contribution is -0.238. The van der Waals surface area contributed by atoms with E-state index in [-0.39, 0.29) is 11.7 Å². The van der Waals surface area contributed by atoms with Crippen molar-refractivity contribution in [2.45, 2.75) is 71.4 Å². The molecule has 1 rings (SSSR count). The average molecular weight is 452 g/mol. The third kappa shape index (κ3) is 7.56. The normalized spacial score (nSPS) is 26.6. The van der Waals surface area contributed by atoms with E-state index in [1.54, 1.807) is 13.8 Å². The first-order chi connectivity index (χ1) is 13.7. The van der Waals surface area contributed by atoms with Gasteiger partial charge in [0.15, 0.2) is 33.6 Å². The molecule has 11 nitrogen and oxygen atoms in total. The van der Waals surface area contributed by atoms with Crippen LogP contribution in [0.2, 0.25) is 0 Å². The highest BCUT2D eigenvalue weighted by atomic mass is 32.2. The van der Waals surface area contributed by atoms with Gasteiger partial charge < -0.3 is 23.7 Å². The minimum atomic E-state index is -4.04. The highest BCUT2D eigenvalue weighted by Gasteiger charge is 2.56. The van der Waals surface area contributed by atoms with Gasteiger partial charge in [0.1, 0.15) is 12.7 Å². The predicted octanol–water partition coefficient (Wildman–Crippen LogP) is 0.140. The number of hydrogen-bond donors (Lipinski definition) is 0. The summed E-state index contributed by atoms with van der Waals surface area (Å²) in [4.78, 5) is 46.3. The summed E-state index contributed by atoms with van der Waals surface area (Å²) in [6.45, 7) is 7.17. The van der Waals surface area contributed by atoms with E-state index in [0.717, 1.165) is 27.7 Å². The van der Waals surface area contributed by atoms with Crippen molar-refractivity contribution in [1.29, 1.82) is 0 Å². The van der Waals surface area contributed by atoms with Gasteiger partial charge in [-0.1, -0.05) is 13.8 Å². The molecule has 1 saturated heterocycles. The first-order valence-corrected chi connectivity index (χ1v) is 11.0. The molecule has 0 aromatic carbocycles. The van der Waals surface area contributed by atoms with E-state index in [1.807, 2.05) is 0 Å². The van der Waals surface area contributed by atoms with Crippen molar-refractivity contribution >= 4 is 33.7 Å². The number of carbonyl (C=O) groups is 4. The van der Waals surface area contributed by atoms with E-state index in [2.05, 4.69) is 0 Å². The first kappa shape index (κ1) is 25.8. The van der Waals surface area contributed by atoms with Crippen molar-refractivity contribution in [3.63, 3.8) is 0 Å². The second-order valence-electron chi connectivity index (χ2n) is 7.29. The monoisotopic (exact) mass is 452 g/mol. The van der Waals surface area contributed by atoms with Gasteiger partial charge in [-0.25, -0.2) is 8.42 Å². The van der Waals surface area contributed by atoms with Crippen LogP contribution in [-0.2, 0) is 52.7 Å². The number of esters is 4. The molecule has 1 aliphatic heterocycles. The Morgan fingerprint density at radius 2 is 1.27 bits per heavy atom. The van der Waals surface area contributed by atoms with Gasteiger partial charge >= 0.3 is 23.9 Å². The fraction of sp³-hybridized carbons (Fsp3) is 0.778. The highest BCUT2D eigenvalue weighted by molar-refractivity contribution is 7.91. The lowest BCUT2D eigenvalue weighted by atomic mass is 9.99. The third-order valence-electron chi connectivity index (χ3n) is 3.87. The summed E-state index contributed by atoms with van der Waals surface area (Å²) in [7, 11) is -4.04. The molecule has 5 atom stereocenters. The number of sulfone groups is 1. The van der Waals surface area contributed by atoms with Gasteiger partial charge in [-0.05, 0) is 5.92 Å². The molecule has 0 radical (unpaired) electrons. The van der Waals surface area contributed by atoms with E-state index < -0.39 is 70.2 Å². The minimum Gasteiger partial charge on any atom is -0.463 e. The van der Waals surface area contributed by atoms with Crippen LogP contribution in [0, 0.1) is 5.92 Å². The van der Waals surface area contributed by atoms with Gasteiger partial charge in [-0.2, -0.15) is 0 Å². The summed E-state index contributed by atoms with van der Waals surface area (Å²) in [5.41, 5.74) is -1.74. The summed E-state index contributed by atoms with van der Waals surface area (Å²) in [5, 5.41) is 0. The number of hydrogen-bond acceptors (Lipinski definition) is 11. The average Bonchev–Trinajstić information content (AvgIpc) is 2.54. The van der Waals surface area contributed by atoms with E-state index >= 15 is 0 Å². The Balaban J connectivity index is 3.51. The molecule has 0 spiro atoms. The largest absolute Gasteiger partial charge is 0.463 e. The molecule has 0 aromatic rings. The van der Waals surface area contributed by atoms with Crippen LogP contribution >= 0.6 is 0 Å². The molecule has 0 bridgehead atoms. The molecule has 30 heavy (non-hydrogen) atoms. The zero-order valence-corrected chi connectivity index (χ0v) is 18.6. The lowest BCUT2D eigenvalue weighted by Gasteiger charge is -2.44. The van der Waals surface area contributed by atoms with Crippen molar-refractivity contribution in [2.75, 3.05) is 12.4 Å². The summed E-state index contributed by atoms with van der Waals surface area (Å²) in [5.74, 6) is -3.78. The van der Waals surface area contributed by atoms with Crippen molar-refractivity contribution in [3.8, 4) is 0 Å². The number of carbonyl (C=O) groups excluding carboxylic acids is 4. The fourth-order valence-electron chi connectivity index (χ4n) is 3.04. The Hall–Kier alpha value is -2.21. The predicted molar refractivity (Wildman–Crippen MR) is 101 cm³/mol.